The first kappa shape index (κ1) is 15.1. The summed E-state index contributed by atoms with van der Waals surface area (Å²) in [4.78, 5) is 14.5. The van der Waals surface area contributed by atoms with Gasteiger partial charge in [-0.25, -0.2) is 0 Å². The van der Waals surface area contributed by atoms with Crippen molar-refractivity contribution in [3.05, 3.63) is 41.7 Å². The van der Waals surface area contributed by atoms with Gasteiger partial charge in [0.1, 0.15) is 0 Å². The number of fused-ring (bicyclic) bond motifs is 1. The molecule has 6 heteroatoms. The fourth-order valence-corrected chi connectivity index (χ4v) is 3.41. The molecule has 4 rings (SSSR count). The highest BCUT2D eigenvalue weighted by Gasteiger charge is 2.25. The molecule has 1 aromatic heterocycles. The minimum absolute atomic E-state index is 0.174. The molecule has 1 fully saturated rings. The van der Waals surface area contributed by atoms with Gasteiger partial charge >= 0.3 is 0 Å². The van der Waals surface area contributed by atoms with Crippen LogP contribution in [0.1, 0.15) is 30.0 Å². The first-order valence-electron chi connectivity index (χ1n) is 8.35. The van der Waals surface area contributed by atoms with Crippen molar-refractivity contribution in [2.45, 2.75) is 25.2 Å². The molecule has 2 aliphatic rings. The number of aryl methyl sites for hydroxylation is 1. The second-order valence-corrected chi connectivity index (χ2v) is 6.43. The van der Waals surface area contributed by atoms with Crippen molar-refractivity contribution in [1.29, 1.82) is 0 Å². The third kappa shape index (κ3) is 2.96. The Bertz CT molecular complexity index is 748. The van der Waals surface area contributed by atoms with Crippen LogP contribution >= 0.6 is 0 Å². The van der Waals surface area contributed by atoms with Crippen LogP contribution in [0.3, 0.4) is 0 Å². The molecule has 0 unspecified atom stereocenters. The molecule has 2 aromatic rings. The normalized spacial score (nSPS) is 17.3. The van der Waals surface area contributed by atoms with Crippen molar-refractivity contribution >= 4 is 5.91 Å². The van der Waals surface area contributed by atoms with Crippen molar-refractivity contribution in [3.63, 3.8) is 0 Å². The highest BCUT2D eigenvalue weighted by molar-refractivity contribution is 5.79. The third-order valence-electron chi connectivity index (χ3n) is 4.79. The molecule has 1 saturated heterocycles. The predicted octanol–water partition coefficient (Wildman–Crippen LogP) is 2.10. The number of benzene rings is 1. The molecule has 1 aromatic carbocycles. The summed E-state index contributed by atoms with van der Waals surface area (Å²) in [5.41, 5.74) is 2.11. The van der Waals surface area contributed by atoms with E-state index in [9.17, 15) is 4.79 Å². The molecule has 6 nitrogen and oxygen atoms in total. The Morgan fingerprint density at radius 3 is 2.75 bits per heavy atom. The van der Waals surface area contributed by atoms with E-state index in [4.69, 9.17) is 9.47 Å². The molecule has 24 heavy (non-hydrogen) atoms. The van der Waals surface area contributed by atoms with Gasteiger partial charge in [-0.3, -0.25) is 9.48 Å². The molecule has 0 bridgehead atoms. The number of likely N-dealkylation sites (tertiary alicyclic amines) is 1. The van der Waals surface area contributed by atoms with Crippen molar-refractivity contribution in [3.8, 4) is 11.5 Å². The number of rotatable bonds is 3. The number of hydrogen-bond donors (Lipinski definition) is 0. The van der Waals surface area contributed by atoms with Crippen LogP contribution in [-0.4, -0.2) is 40.5 Å². The molecule has 0 spiro atoms. The fraction of sp³-hybridized carbons (Fsp3) is 0.444. The summed E-state index contributed by atoms with van der Waals surface area (Å²) in [6.07, 6.45) is 4.34. The summed E-state index contributed by atoms with van der Waals surface area (Å²) >= 11 is 0. The number of hydrogen-bond acceptors (Lipinski definition) is 4. The van der Waals surface area contributed by atoms with Crippen molar-refractivity contribution in [2.24, 2.45) is 7.05 Å². The maximum Gasteiger partial charge on any atom is 0.231 e. The fourth-order valence-electron chi connectivity index (χ4n) is 3.41. The van der Waals surface area contributed by atoms with Crippen LogP contribution in [0, 0.1) is 0 Å². The van der Waals surface area contributed by atoms with Gasteiger partial charge in [-0.05, 0) is 36.6 Å². The molecule has 1 amide bonds. The Morgan fingerprint density at radius 2 is 2.00 bits per heavy atom. The summed E-state index contributed by atoms with van der Waals surface area (Å²) in [5, 5.41) is 4.49. The van der Waals surface area contributed by atoms with Gasteiger partial charge in [0.25, 0.3) is 0 Å². The highest BCUT2D eigenvalue weighted by Crippen LogP contribution is 2.33. The first-order chi connectivity index (χ1) is 11.7. The largest absolute Gasteiger partial charge is 0.454 e. The number of nitrogens with zero attached hydrogens (tertiary/aromatic N) is 3. The molecule has 0 aliphatic carbocycles. The van der Waals surface area contributed by atoms with E-state index in [0.717, 1.165) is 48.7 Å². The topological polar surface area (TPSA) is 56.6 Å². The summed E-state index contributed by atoms with van der Waals surface area (Å²) in [6, 6.07) is 7.79. The number of carbonyl (C=O) groups is 1. The van der Waals surface area contributed by atoms with Crippen LogP contribution in [-0.2, 0) is 18.3 Å². The Kier molecular flexibility index (Phi) is 3.88. The molecular formula is C18H21N3O3. The Morgan fingerprint density at radius 1 is 1.21 bits per heavy atom. The minimum Gasteiger partial charge on any atom is -0.454 e. The summed E-state index contributed by atoms with van der Waals surface area (Å²) < 4.78 is 12.5. The van der Waals surface area contributed by atoms with E-state index in [0.29, 0.717) is 12.3 Å². The van der Waals surface area contributed by atoms with Crippen molar-refractivity contribution in [1.82, 2.24) is 14.7 Å². The molecule has 0 saturated carbocycles. The predicted molar refractivity (Wildman–Crippen MR) is 88.0 cm³/mol. The van der Waals surface area contributed by atoms with Gasteiger partial charge in [0, 0.05) is 32.3 Å². The minimum atomic E-state index is 0.174. The van der Waals surface area contributed by atoms with Gasteiger partial charge in [-0.15, -0.1) is 0 Å². The van der Waals surface area contributed by atoms with Crippen molar-refractivity contribution < 1.29 is 14.3 Å². The molecular weight excluding hydrogens is 306 g/mol. The SMILES string of the molecule is Cn1ccc(C2CCN(C(=O)Cc3ccc4c(c3)OCO4)CC2)n1. The lowest BCUT2D eigenvalue weighted by molar-refractivity contribution is -0.131. The van der Waals surface area contributed by atoms with Crippen LogP contribution in [0.2, 0.25) is 0 Å². The second-order valence-electron chi connectivity index (χ2n) is 6.43. The lowest BCUT2D eigenvalue weighted by atomic mass is 9.93. The Labute approximate surface area is 141 Å². The standard InChI is InChI=1S/C18H21N3O3/c1-20-7-6-15(19-20)14-4-8-21(9-5-14)18(22)11-13-2-3-16-17(10-13)24-12-23-16/h2-3,6-7,10,14H,4-5,8-9,11-12H2,1H3. The van der Waals surface area contributed by atoms with Gasteiger partial charge in [0.05, 0.1) is 12.1 Å². The lowest BCUT2D eigenvalue weighted by Crippen LogP contribution is -2.38. The first-order valence-corrected chi connectivity index (χ1v) is 8.35. The molecule has 0 N–H and O–H groups in total. The zero-order chi connectivity index (χ0) is 16.5. The Balaban J connectivity index is 1.34. The van der Waals surface area contributed by atoms with E-state index >= 15 is 0 Å². The van der Waals surface area contributed by atoms with E-state index in [1.54, 1.807) is 0 Å². The zero-order valence-electron chi connectivity index (χ0n) is 13.8. The maximum atomic E-state index is 12.5. The van der Waals surface area contributed by atoms with Gasteiger partial charge in [0.15, 0.2) is 11.5 Å². The summed E-state index contributed by atoms with van der Waals surface area (Å²) in [7, 11) is 1.94. The van der Waals surface area contributed by atoms with Gasteiger partial charge in [0.2, 0.25) is 12.7 Å². The quantitative estimate of drug-likeness (QED) is 0.866. The van der Waals surface area contributed by atoms with Gasteiger partial charge in [-0.1, -0.05) is 6.07 Å². The maximum absolute atomic E-state index is 12.5. The van der Waals surface area contributed by atoms with Crippen LogP contribution in [0.25, 0.3) is 0 Å². The van der Waals surface area contributed by atoms with Crippen LogP contribution in [0.5, 0.6) is 11.5 Å². The molecule has 0 radical (unpaired) electrons. The van der Waals surface area contributed by atoms with Gasteiger partial charge in [-0.2, -0.15) is 5.10 Å². The summed E-state index contributed by atoms with van der Waals surface area (Å²) in [6.45, 7) is 1.85. The zero-order valence-corrected chi connectivity index (χ0v) is 13.8. The van der Waals surface area contributed by atoms with E-state index in [-0.39, 0.29) is 12.7 Å². The number of carbonyl (C=O) groups excluding carboxylic acids is 1. The number of amides is 1. The molecule has 2 aliphatic heterocycles. The van der Waals surface area contributed by atoms with Crippen LogP contribution in [0.4, 0.5) is 0 Å². The number of ether oxygens (including phenoxy) is 2. The average molecular weight is 327 g/mol. The molecule has 126 valence electrons. The Hall–Kier alpha value is -2.50. The smallest absolute Gasteiger partial charge is 0.231 e. The number of piperidine rings is 1. The van der Waals surface area contributed by atoms with Gasteiger partial charge < -0.3 is 14.4 Å². The third-order valence-corrected chi connectivity index (χ3v) is 4.79. The second kappa shape index (κ2) is 6.19. The summed E-state index contributed by atoms with van der Waals surface area (Å²) in [5.74, 6) is 2.12. The van der Waals surface area contributed by atoms with E-state index in [1.807, 2.05) is 41.0 Å². The average Bonchev–Trinajstić information content (AvgIpc) is 3.23. The van der Waals surface area contributed by atoms with Crippen molar-refractivity contribution in [2.75, 3.05) is 19.9 Å². The molecule has 0 atom stereocenters. The van der Waals surface area contributed by atoms with E-state index in [1.165, 1.54) is 0 Å². The molecule has 3 heterocycles. The van der Waals surface area contributed by atoms with Crippen LogP contribution < -0.4 is 9.47 Å². The lowest BCUT2D eigenvalue weighted by Gasteiger charge is -2.31. The highest BCUT2D eigenvalue weighted by atomic mass is 16.7. The van der Waals surface area contributed by atoms with E-state index < -0.39 is 0 Å². The number of aromatic nitrogens is 2. The van der Waals surface area contributed by atoms with E-state index in [2.05, 4.69) is 11.2 Å². The monoisotopic (exact) mass is 327 g/mol. The van der Waals surface area contributed by atoms with Crippen LogP contribution in [0.15, 0.2) is 30.5 Å².